The molecule has 160 valence electrons. The van der Waals surface area contributed by atoms with Gasteiger partial charge in [-0.3, -0.25) is 9.78 Å². The Labute approximate surface area is 180 Å². The normalized spacial score (nSPS) is 13.1. The lowest BCUT2D eigenvalue weighted by atomic mass is 10.0. The van der Waals surface area contributed by atoms with Crippen molar-refractivity contribution in [3.05, 3.63) is 82.9 Å². The van der Waals surface area contributed by atoms with Crippen LogP contribution in [-0.2, 0) is 13.2 Å². The summed E-state index contributed by atoms with van der Waals surface area (Å²) in [5.41, 5.74) is 3.71. The van der Waals surface area contributed by atoms with E-state index in [1.165, 1.54) is 6.07 Å². The number of pyridine rings is 1. The van der Waals surface area contributed by atoms with Crippen molar-refractivity contribution in [2.24, 2.45) is 5.92 Å². The topological polar surface area (TPSA) is 71.5 Å². The van der Waals surface area contributed by atoms with E-state index in [2.05, 4.69) is 10.3 Å². The molecule has 0 radical (unpaired) electrons. The minimum atomic E-state index is -0.303. The number of aliphatic hydroxyl groups excluding tert-OH is 1. The highest BCUT2D eigenvalue weighted by Gasteiger charge is 2.23. The summed E-state index contributed by atoms with van der Waals surface area (Å²) >= 11 is 0. The lowest BCUT2D eigenvalue weighted by Gasteiger charge is -2.14. The molecule has 2 aromatic carbocycles. The molecule has 1 fully saturated rings. The fraction of sp³-hybridized carbons (Fsp3) is 0.280. The van der Waals surface area contributed by atoms with Crippen LogP contribution in [0.5, 0.6) is 5.75 Å². The lowest BCUT2D eigenvalue weighted by molar-refractivity contribution is 0.0946. The molecule has 0 saturated heterocycles. The molecule has 0 aliphatic heterocycles. The predicted octanol–water partition coefficient (Wildman–Crippen LogP) is 4.41. The molecular formula is C25H25FN2O3. The lowest BCUT2D eigenvalue weighted by Crippen LogP contribution is -2.24. The van der Waals surface area contributed by atoms with Crippen LogP contribution >= 0.6 is 0 Å². The van der Waals surface area contributed by atoms with E-state index in [9.17, 15) is 14.3 Å². The number of carbonyl (C=O) groups excluding carboxylic acids is 1. The quantitative estimate of drug-likeness (QED) is 0.566. The van der Waals surface area contributed by atoms with Gasteiger partial charge in [0.15, 0.2) is 0 Å². The summed E-state index contributed by atoms with van der Waals surface area (Å²) < 4.78 is 19.8. The summed E-state index contributed by atoms with van der Waals surface area (Å²) in [4.78, 5) is 17.3. The first-order valence-electron chi connectivity index (χ1n) is 10.4. The van der Waals surface area contributed by atoms with Crippen molar-refractivity contribution in [3.63, 3.8) is 0 Å². The van der Waals surface area contributed by atoms with Crippen molar-refractivity contribution in [2.75, 3.05) is 6.61 Å². The summed E-state index contributed by atoms with van der Waals surface area (Å²) in [5, 5.41) is 12.5. The first kappa shape index (κ1) is 21.0. The van der Waals surface area contributed by atoms with Gasteiger partial charge in [0.1, 0.15) is 11.6 Å². The number of aryl methyl sites for hydroxylation is 1. The number of rotatable bonds is 8. The molecule has 1 aliphatic rings. The molecule has 31 heavy (non-hydrogen) atoms. The van der Waals surface area contributed by atoms with Crippen LogP contribution in [0.25, 0.3) is 11.1 Å². The Balaban J connectivity index is 1.60. The van der Waals surface area contributed by atoms with Crippen molar-refractivity contribution in [3.8, 4) is 16.9 Å². The second-order valence-corrected chi connectivity index (χ2v) is 7.89. The monoisotopic (exact) mass is 420 g/mol. The fourth-order valence-corrected chi connectivity index (χ4v) is 3.34. The Morgan fingerprint density at radius 1 is 1.23 bits per heavy atom. The van der Waals surface area contributed by atoms with E-state index >= 15 is 0 Å². The van der Waals surface area contributed by atoms with Crippen molar-refractivity contribution in [1.82, 2.24) is 10.3 Å². The summed E-state index contributed by atoms with van der Waals surface area (Å²) in [7, 11) is 0. The third-order valence-electron chi connectivity index (χ3n) is 5.44. The maximum absolute atomic E-state index is 13.8. The molecular weight excluding hydrogens is 395 g/mol. The first-order chi connectivity index (χ1) is 15.0. The number of benzene rings is 2. The zero-order chi connectivity index (χ0) is 21.8. The van der Waals surface area contributed by atoms with Crippen LogP contribution in [0.4, 0.5) is 4.39 Å². The predicted molar refractivity (Wildman–Crippen MR) is 116 cm³/mol. The van der Waals surface area contributed by atoms with Gasteiger partial charge in [-0.2, -0.15) is 0 Å². The van der Waals surface area contributed by atoms with E-state index in [-0.39, 0.29) is 24.9 Å². The third-order valence-corrected chi connectivity index (χ3v) is 5.44. The van der Waals surface area contributed by atoms with Crippen molar-refractivity contribution in [1.29, 1.82) is 0 Å². The molecule has 1 heterocycles. The van der Waals surface area contributed by atoms with Crippen LogP contribution < -0.4 is 10.1 Å². The van der Waals surface area contributed by atoms with Gasteiger partial charge in [0.25, 0.3) is 5.91 Å². The SMILES string of the molecule is Cc1ccc(CNC(=O)c2cc(-c3cccnc3CO)ccc2OCC2CC2)cc1F. The summed E-state index contributed by atoms with van der Waals surface area (Å²) in [6.45, 7) is 2.29. The van der Waals surface area contributed by atoms with Gasteiger partial charge in [-0.15, -0.1) is 0 Å². The molecule has 3 aromatic rings. The highest BCUT2D eigenvalue weighted by atomic mass is 19.1. The van der Waals surface area contributed by atoms with Crippen molar-refractivity contribution < 1.29 is 19.0 Å². The molecule has 1 amide bonds. The standard InChI is InChI=1S/C25H25FN2O3/c1-16-4-5-18(11-22(16)26)13-28-25(30)21-12-19(20-3-2-10-27-23(20)14-29)8-9-24(21)31-15-17-6-7-17/h2-5,8-12,17,29H,6-7,13-15H2,1H3,(H,28,30). The van der Waals surface area contributed by atoms with E-state index in [4.69, 9.17) is 4.74 Å². The van der Waals surface area contributed by atoms with E-state index in [0.717, 1.165) is 24.0 Å². The van der Waals surface area contributed by atoms with Crippen LogP contribution in [-0.4, -0.2) is 22.6 Å². The zero-order valence-electron chi connectivity index (χ0n) is 17.4. The van der Waals surface area contributed by atoms with E-state index in [1.54, 1.807) is 43.5 Å². The zero-order valence-corrected chi connectivity index (χ0v) is 17.4. The Hall–Kier alpha value is -3.25. The minimum absolute atomic E-state index is 0.198. The Kier molecular flexibility index (Phi) is 6.28. The number of carbonyl (C=O) groups is 1. The van der Waals surface area contributed by atoms with Crippen LogP contribution in [0.2, 0.25) is 0 Å². The van der Waals surface area contributed by atoms with Gasteiger partial charge in [0, 0.05) is 18.3 Å². The molecule has 0 atom stereocenters. The minimum Gasteiger partial charge on any atom is -0.492 e. The van der Waals surface area contributed by atoms with Crippen LogP contribution in [0.3, 0.4) is 0 Å². The maximum atomic E-state index is 13.8. The molecule has 2 N–H and O–H groups in total. The van der Waals surface area contributed by atoms with Gasteiger partial charge < -0.3 is 15.2 Å². The molecule has 6 heteroatoms. The van der Waals surface area contributed by atoms with Gasteiger partial charge in [-0.25, -0.2) is 4.39 Å². The Bertz CT molecular complexity index is 1100. The number of hydrogen-bond acceptors (Lipinski definition) is 4. The average Bonchev–Trinajstić information content (AvgIpc) is 3.62. The molecule has 1 aliphatic carbocycles. The molecule has 1 saturated carbocycles. The number of ether oxygens (including phenoxy) is 1. The van der Waals surface area contributed by atoms with Crippen LogP contribution in [0, 0.1) is 18.7 Å². The van der Waals surface area contributed by atoms with Crippen LogP contribution in [0.1, 0.15) is 40.0 Å². The Morgan fingerprint density at radius 2 is 2.06 bits per heavy atom. The number of hydrogen-bond donors (Lipinski definition) is 2. The van der Waals surface area contributed by atoms with E-state index in [1.807, 2.05) is 12.1 Å². The van der Waals surface area contributed by atoms with Gasteiger partial charge in [0.05, 0.1) is 24.5 Å². The number of aromatic nitrogens is 1. The van der Waals surface area contributed by atoms with Gasteiger partial charge >= 0.3 is 0 Å². The van der Waals surface area contributed by atoms with Crippen LogP contribution in [0.15, 0.2) is 54.7 Å². The molecule has 0 bridgehead atoms. The van der Waals surface area contributed by atoms with Crippen molar-refractivity contribution >= 4 is 5.91 Å². The van der Waals surface area contributed by atoms with Gasteiger partial charge in [0.2, 0.25) is 0 Å². The number of nitrogens with zero attached hydrogens (tertiary/aromatic N) is 1. The molecule has 0 unspecified atom stereocenters. The number of halogens is 1. The second-order valence-electron chi connectivity index (χ2n) is 7.89. The summed E-state index contributed by atoms with van der Waals surface area (Å²) in [6, 6.07) is 14.0. The third kappa shape index (κ3) is 5.09. The number of amides is 1. The van der Waals surface area contributed by atoms with E-state index < -0.39 is 0 Å². The van der Waals surface area contributed by atoms with Crippen molar-refractivity contribution in [2.45, 2.75) is 32.9 Å². The Morgan fingerprint density at radius 3 is 2.81 bits per heavy atom. The summed E-state index contributed by atoms with van der Waals surface area (Å²) in [6.07, 6.45) is 3.92. The molecule has 0 spiro atoms. The smallest absolute Gasteiger partial charge is 0.255 e. The first-order valence-corrected chi connectivity index (χ1v) is 10.4. The average molecular weight is 420 g/mol. The maximum Gasteiger partial charge on any atom is 0.255 e. The highest BCUT2D eigenvalue weighted by molar-refractivity contribution is 5.98. The van der Waals surface area contributed by atoms with Gasteiger partial charge in [-0.1, -0.05) is 24.3 Å². The summed E-state index contributed by atoms with van der Waals surface area (Å²) in [5.74, 6) is 0.460. The second kappa shape index (κ2) is 9.27. The largest absolute Gasteiger partial charge is 0.492 e. The van der Waals surface area contributed by atoms with E-state index in [0.29, 0.717) is 40.7 Å². The molecule has 4 rings (SSSR count). The number of nitrogens with one attached hydrogen (secondary N) is 1. The molecule has 5 nitrogen and oxygen atoms in total. The fourth-order valence-electron chi connectivity index (χ4n) is 3.34. The molecule has 1 aromatic heterocycles. The highest BCUT2D eigenvalue weighted by Crippen LogP contribution is 2.32. The van der Waals surface area contributed by atoms with Gasteiger partial charge in [-0.05, 0) is 66.6 Å². The number of aliphatic hydroxyl groups is 1.